The van der Waals surface area contributed by atoms with E-state index in [1.165, 1.54) is 0 Å². The van der Waals surface area contributed by atoms with Crippen molar-refractivity contribution < 1.29 is 14.3 Å². The van der Waals surface area contributed by atoms with Crippen LogP contribution in [-0.4, -0.2) is 42.4 Å². The molecule has 0 saturated heterocycles. The number of benzene rings is 4. The van der Waals surface area contributed by atoms with Crippen LogP contribution in [0.5, 0.6) is 0 Å². The minimum Gasteiger partial charge on any atom is -0.478 e. The number of nitrogens with one attached hydrogen (secondary N) is 2. The van der Waals surface area contributed by atoms with Crippen molar-refractivity contribution in [1.82, 2.24) is 9.89 Å². The zero-order valence-corrected chi connectivity index (χ0v) is 27.4. The normalized spacial score (nSPS) is 11.0. The third-order valence-electron chi connectivity index (χ3n) is 8.38. The fourth-order valence-electron chi connectivity index (χ4n) is 5.89. The molecule has 3 aromatic carbocycles. The Bertz CT molecular complexity index is 1900. The van der Waals surface area contributed by atoms with Crippen LogP contribution in [-0.2, 0) is 6.54 Å². The van der Waals surface area contributed by atoms with E-state index in [0.717, 1.165) is 70.6 Å². The maximum absolute atomic E-state index is 12.8. The van der Waals surface area contributed by atoms with Crippen LogP contribution >= 0.6 is 12.2 Å². The van der Waals surface area contributed by atoms with Crippen molar-refractivity contribution in [1.29, 1.82) is 0 Å². The van der Waals surface area contributed by atoms with Crippen LogP contribution < -0.4 is 25.5 Å². The number of carboxylic acids is 1. The van der Waals surface area contributed by atoms with Gasteiger partial charge in [-0.3, -0.25) is 0 Å². The minimum atomic E-state index is -0.992. The Morgan fingerprint density at radius 1 is 0.911 bits per heavy atom. The molecule has 7 nitrogen and oxygen atoms in total. The van der Waals surface area contributed by atoms with Crippen molar-refractivity contribution in [2.75, 3.05) is 36.4 Å². The summed E-state index contributed by atoms with van der Waals surface area (Å²) in [5.74, 6) is -0.276. The summed E-state index contributed by atoms with van der Waals surface area (Å²) in [4.78, 5) is 15.1. The Morgan fingerprint density at radius 3 is 2.33 bits per heavy atom. The maximum atomic E-state index is 12.8. The van der Waals surface area contributed by atoms with Gasteiger partial charge in [-0.25, -0.2) is 9.37 Å². The van der Waals surface area contributed by atoms with E-state index in [2.05, 4.69) is 84.2 Å². The van der Waals surface area contributed by atoms with E-state index in [1.54, 1.807) is 6.07 Å². The first-order chi connectivity index (χ1) is 21.8. The number of carboxylic acid groups (broad SMARTS) is 1. The summed E-state index contributed by atoms with van der Waals surface area (Å²) < 4.78 is 8.85. The lowest BCUT2D eigenvalue weighted by Crippen LogP contribution is -2.29. The summed E-state index contributed by atoms with van der Waals surface area (Å²) in [6, 6.07) is 25.9. The number of thiocarbonyl (C=S) groups is 1. The highest BCUT2D eigenvalue weighted by molar-refractivity contribution is 7.80. The Labute approximate surface area is 270 Å². The summed E-state index contributed by atoms with van der Waals surface area (Å²) in [6.45, 7) is 14.4. The lowest BCUT2D eigenvalue weighted by atomic mass is 9.89. The fraction of sp³-hybridized carbons (Fsp3) is 0.270. The van der Waals surface area contributed by atoms with Crippen molar-refractivity contribution >= 4 is 45.6 Å². The molecule has 2 aliphatic rings. The first-order valence-electron chi connectivity index (χ1n) is 15.6. The molecule has 0 amide bonds. The Balaban J connectivity index is 1.62. The van der Waals surface area contributed by atoms with Crippen LogP contribution in [0.4, 0.5) is 11.4 Å². The summed E-state index contributed by atoms with van der Waals surface area (Å²) in [6.07, 6.45) is 0. The first kappa shape index (κ1) is 31.7. The summed E-state index contributed by atoms with van der Waals surface area (Å²) in [7, 11) is 0. The largest absolute Gasteiger partial charge is 0.478 e. The highest BCUT2D eigenvalue weighted by atomic mass is 32.1. The molecule has 0 spiro atoms. The van der Waals surface area contributed by atoms with Gasteiger partial charge in [0.15, 0.2) is 5.11 Å². The Morgan fingerprint density at radius 2 is 1.64 bits per heavy atom. The van der Waals surface area contributed by atoms with Gasteiger partial charge in [-0.2, -0.15) is 0 Å². The number of carbonyl (C=O) groups is 1. The van der Waals surface area contributed by atoms with Crippen LogP contribution in [0.2, 0.25) is 0 Å². The summed E-state index contributed by atoms with van der Waals surface area (Å²) in [5, 5.41) is 19.3. The van der Waals surface area contributed by atoms with E-state index in [9.17, 15) is 9.90 Å². The van der Waals surface area contributed by atoms with E-state index in [-0.39, 0.29) is 5.56 Å². The van der Waals surface area contributed by atoms with Crippen molar-refractivity contribution in [3.05, 3.63) is 101 Å². The second-order valence-corrected chi connectivity index (χ2v) is 11.4. The zero-order chi connectivity index (χ0) is 32.1. The van der Waals surface area contributed by atoms with Crippen LogP contribution in [0.25, 0.3) is 33.4 Å². The van der Waals surface area contributed by atoms with Gasteiger partial charge in [-0.1, -0.05) is 30.3 Å². The molecule has 1 aliphatic carbocycles. The molecule has 45 heavy (non-hydrogen) atoms. The van der Waals surface area contributed by atoms with Crippen molar-refractivity contribution in [2.24, 2.45) is 0 Å². The summed E-state index contributed by atoms with van der Waals surface area (Å²) in [5.41, 5.74) is 7.19. The third-order valence-corrected chi connectivity index (χ3v) is 8.62. The average molecular weight is 622 g/mol. The Kier molecular flexibility index (Phi) is 9.83. The topological polar surface area (TPSA) is 80.8 Å². The monoisotopic (exact) mass is 621 g/mol. The molecule has 232 valence electrons. The number of fused-ring (bicyclic) bond motifs is 2. The van der Waals surface area contributed by atoms with Crippen LogP contribution in [0.15, 0.2) is 83.3 Å². The highest BCUT2D eigenvalue weighted by Gasteiger charge is 2.23. The van der Waals surface area contributed by atoms with Gasteiger partial charge in [0.25, 0.3) is 0 Å². The molecule has 0 aromatic heterocycles. The molecule has 8 heteroatoms. The van der Waals surface area contributed by atoms with Gasteiger partial charge in [0.1, 0.15) is 24.4 Å². The molecular formula is C37H41N4O3S+. The van der Waals surface area contributed by atoms with Gasteiger partial charge in [0, 0.05) is 59.7 Å². The molecule has 0 atom stereocenters. The molecule has 1 heterocycles. The third kappa shape index (κ3) is 6.71. The average Bonchev–Trinajstić information content (AvgIpc) is 3.04. The zero-order valence-electron chi connectivity index (χ0n) is 26.6. The maximum Gasteiger partial charge on any atom is 0.336 e. The highest BCUT2D eigenvalue weighted by Crippen LogP contribution is 2.42. The molecule has 5 rings (SSSR count). The molecule has 0 fully saturated rings. The number of nitrogens with zero attached hydrogens (tertiary/aromatic N) is 2. The van der Waals surface area contributed by atoms with Gasteiger partial charge < -0.3 is 25.1 Å². The molecule has 0 bridgehead atoms. The fourth-order valence-corrected chi connectivity index (χ4v) is 6.07. The number of hydrogen-bond donors (Lipinski definition) is 3. The molecule has 3 aromatic rings. The number of hydrogen-bond acceptors (Lipinski definition) is 4. The molecule has 0 saturated carbocycles. The first-order valence-corrected chi connectivity index (χ1v) is 16.0. The second-order valence-electron chi connectivity index (χ2n) is 11.0. The quantitative estimate of drug-likeness (QED) is 0.0855. The van der Waals surface area contributed by atoms with Crippen molar-refractivity contribution in [3.8, 4) is 22.5 Å². The van der Waals surface area contributed by atoms with E-state index in [4.69, 9.17) is 16.6 Å². The van der Waals surface area contributed by atoms with Crippen molar-refractivity contribution in [3.63, 3.8) is 0 Å². The van der Waals surface area contributed by atoms with Crippen molar-refractivity contribution in [2.45, 2.75) is 41.2 Å². The lowest BCUT2D eigenvalue weighted by Gasteiger charge is -2.22. The molecule has 0 radical (unpaired) electrons. The number of aryl methyl sites for hydroxylation is 1. The SMILES string of the molecule is CCN(CC)c1ccc2c(-c3ccc(CNC(=S)Nc4ccccc4C)cc3C(=O)O)c3ccc(=[N+](CC)CC)cc-3oc2c1. The van der Waals surface area contributed by atoms with E-state index < -0.39 is 5.97 Å². The number of rotatable bonds is 10. The number of aromatic carboxylic acids is 1. The smallest absolute Gasteiger partial charge is 0.336 e. The molecule has 0 unspecified atom stereocenters. The predicted octanol–water partition coefficient (Wildman–Crippen LogP) is 7.36. The summed E-state index contributed by atoms with van der Waals surface area (Å²) >= 11 is 5.52. The molecule has 1 aliphatic heterocycles. The van der Waals surface area contributed by atoms with Crippen LogP contribution in [0.1, 0.15) is 49.2 Å². The Hall–Kier alpha value is -4.69. The van der Waals surface area contributed by atoms with Gasteiger partial charge in [0.2, 0.25) is 5.36 Å². The number of para-hydroxylation sites is 1. The van der Waals surface area contributed by atoms with Gasteiger partial charge in [-0.05, 0) is 93.9 Å². The van der Waals surface area contributed by atoms with Crippen LogP contribution in [0, 0.1) is 6.92 Å². The van der Waals surface area contributed by atoms with E-state index >= 15 is 0 Å². The van der Waals surface area contributed by atoms with E-state index in [0.29, 0.717) is 28.6 Å². The van der Waals surface area contributed by atoms with Crippen LogP contribution in [0.3, 0.4) is 0 Å². The van der Waals surface area contributed by atoms with Gasteiger partial charge in [0.05, 0.1) is 11.6 Å². The standard InChI is InChI=1S/C37H40N4O3S/c1-6-40(7-2)26-15-18-29-33(21-26)44-34-22-27(41(8-3)9-4)16-19-30(34)35(29)28-17-14-25(20-31(28)36(42)43)23-38-37(45)39-32-13-11-10-12-24(32)5/h10-22H,6-9,23H2,1-5H3,(H2-,38,39,42,43,45)/p+1. The van der Waals surface area contributed by atoms with Gasteiger partial charge >= 0.3 is 5.97 Å². The van der Waals surface area contributed by atoms with E-state index in [1.807, 2.05) is 43.3 Å². The number of anilines is 2. The molecule has 3 N–H and O–H groups in total. The lowest BCUT2D eigenvalue weighted by molar-refractivity contribution is 0.0697. The van der Waals surface area contributed by atoms with Gasteiger partial charge in [-0.15, -0.1) is 0 Å². The molecular weight excluding hydrogens is 580 g/mol. The second kappa shape index (κ2) is 13.9. The predicted molar refractivity (Wildman–Crippen MR) is 189 cm³/mol. The minimum absolute atomic E-state index is 0.224.